The first-order valence-electron chi connectivity index (χ1n) is 5.19. The third-order valence-electron chi connectivity index (χ3n) is 1.98. The Balaban J connectivity index is 3.42. The van der Waals surface area contributed by atoms with E-state index in [4.69, 9.17) is 4.84 Å². The third-order valence-corrected chi connectivity index (χ3v) is 1.98. The predicted molar refractivity (Wildman–Crippen MR) is 59.7 cm³/mol. The monoisotopic (exact) mass is 203 g/mol. The molecular weight excluding hydrogens is 178 g/mol. The zero-order valence-electron chi connectivity index (χ0n) is 10.1. The van der Waals surface area contributed by atoms with Crippen molar-refractivity contribution in [3.8, 4) is 0 Å². The van der Waals surface area contributed by atoms with E-state index in [1.807, 2.05) is 7.05 Å². The van der Waals surface area contributed by atoms with Gasteiger partial charge in [-0.15, -0.1) is 0 Å². The molecule has 86 valence electrons. The molecule has 4 heteroatoms. The summed E-state index contributed by atoms with van der Waals surface area (Å²) in [6.07, 6.45) is 2.43. The third kappa shape index (κ3) is 8.44. The van der Waals surface area contributed by atoms with E-state index in [9.17, 15) is 0 Å². The van der Waals surface area contributed by atoms with E-state index in [1.54, 1.807) is 7.11 Å². The summed E-state index contributed by atoms with van der Waals surface area (Å²) in [5.74, 6) is 0. The summed E-state index contributed by atoms with van der Waals surface area (Å²) in [5, 5.41) is 6.35. The molecule has 0 heterocycles. The van der Waals surface area contributed by atoms with Gasteiger partial charge in [-0.05, 0) is 31.8 Å². The van der Waals surface area contributed by atoms with Crippen LogP contribution in [0, 0.1) is 5.41 Å². The molecule has 0 saturated carbocycles. The second-order valence-electron chi connectivity index (χ2n) is 4.66. The van der Waals surface area contributed by atoms with Crippen LogP contribution >= 0.6 is 0 Å². The Kier molecular flexibility index (Phi) is 7.09. The number of nitrogens with one attached hydrogen (secondary N) is 3. The van der Waals surface area contributed by atoms with Crippen LogP contribution in [0.4, 0.5) is 0 Å². The van der Waals surface area contributed by atoms with Gasteiger partial charge >= 0.3 is 0 Å². The average Bonchev–Trinajstić information content (AvgIpc) is 2.08. The largest absolute Gasteiger partial charge is 0.302 e. The molecular formula is C10H25N3O. The maximum atomic E-state index is 4.82. The lowest BCUT2D eigenvalue weighted by Gasteiger charge is -2.21. The lowest BCUT2D eigenvalue weighted by atomic mass is 9.91. The summed E-state index contributed by atoms with van der Waals surface area (Å²) in [7, 11) is 3.49. The van der Waals surface area contributed by atoms with Gasteiger partial charge in [0.15, 0.2) is 0 Å². The van der Waals surface area contributed by atoms with E-state index in [0.29, 0.717) is 5.41 Å². The summed E-state index contributed by atoms with van der Waals surface area (Å²) < 4.78 is 0. The molecule has 4 nitrogen and oxygen atoms in total. The van der Waals surface area contributed by atoms with Gasteiger partial charge in [0, 0.05) is 0 Å². The van der Waals surface area contributed by atoms with Crippen molar-refractivity contribution in [2.24, 2.45) is 5.41 Å². The molecule has 0 aliphatic carbocycles. The number of hydrogen-bond donors (Lipinski definition) is 3. The summed E-state index contributed by atoms with van der Waals surface area (Å²) in [4.78, 5) is 4.82. The average molecular weight is 203 g/mol. The van der Waals surface area contributed by atoms with Gasteiger partial charge in [-0.25, -0.2) is 0 Å². The van der Waals surface area contributed by atoms with Gasteiger partial charge < -0.3 is 4.84 Å². The van der Waals surface area contributed by atoms with E-state index in [-0.39, 0.29) is 6.29 Å². The maximum absolute atomic E-state index is 4.82. The van der Waals surface area contributed by atoms with Crippen molar-refractivity contribution in [2.75, 3.05) is 20.7 Å². The van der Waals surface area contributed by atoms with Gasteiger partial charge in [-0.2, -0.15) is 5.48 Å². The molecule has 1 atom stereocenters. The molecule has 0 aliphatic heterocycles. The fraction of sp³-hybridized carbons (Fsp3) is 1.00. The fourth-order valence-corrected chi connectivity index (χ4v) is 1.19. The molecule has 1 unspecified atom stereocenters. The van der Waals surface area contributed by atoms with Crippen LogP contribution in [0.2, 0.25) is 0 Å². The van der Waals surface area contributed by atoms with Crippen LogP contribution in [0.5, 0.6) is 0 Å². The first-order valence-corrected chi connectivity index (χ1v) is 5.19. The topological polar surface area (TPSA) is 45.3 Å². The molecule has 0 saturated heterocycles. The lowest BCUT2D eigenvalue weighted by molar-refractivity contribution is 0.0405. The highest BCUT2D eigenvalue weighted by molar-refractivity contribution is 4.63. The molecule has 0 aromatic carbocycles. The van der Waals surface area contributed by atoms with Crippen LogP contribution in [0.3, 0.4) is 0 Å². The minimum absolute atomic E-state index is 0.0277. The fourth-order valence-electron chi connectivity index (χ4n) is 1.19. The molecule has 14 heavy (non-hydrogen) atoms. The molecule has 0 aromatic rings. The molecule has 0 spiro atoms. The van der Waals surface area contributed by atoms with Crippen LogP contribution in [-0.2, 0) is 4.84 Å². The van der Waals surface area contributed by atoms with Crippen molar-refractivity contribution in [2.45, 2.75) is 39.9 Å². The van der Waals surface area contributed by atoms with Crippen molar-refractivity contribution >= 4 is 0 Å². The molecule has 0 aromatic heterocycles. The highest BCUT2D eigenvalue weighted by atomic mass is 16.6. The highest BCUT2D eigenvalue weighted by Crippen LogP contribution is 2.19. The molecule has 3 N–H and O–H groups in total. The van der Waals surface area contributed by atoms with Crippen LogP contribution in [0.15, 0.2) is 0 Å². The zero-order chi connectivity index (χ0) is 11.0. The van der Waals surface area contributed by atoms with Crippen molar-refractivity contribution in [1.82, 2.24) is 16.1 Å². The summed E-state index contributed by atoms with van der Waals surface area (Å²) in [6.45, 7) is 7.76. The molecule has 0 bridgehead atoms. The molecule has 0 fully saturated rings. The summed E-state index contributed by atoms with van der Waals surface area (Å²) in [5.41, 5.74) is 3.23. The Hall–Kier alpha value is -0.160. The van der Waals surface area contributed by atoms with Gasteiger partial charge in [0.2, 0.25) is 0 Å². The van der Waals surface area contributed by atoms with E-state index < -0.39 is 0 Å². The summed E-state index contributed by atoms with van der Waals surface area (Å²) in [6, 6.07) is 0. The second-order valence-corrected chi connectivity index (χ2v) is 4.66. The Morgan fingerprint density at radius 1 is 1.29 bits per heavy atom. The Bertz CT molecular complexity index is 134. The first kappa shape index (κ1) is 13.8. The Morgan fingerprint density at radius 2 is 1.93 bits per heavy atom. The van der Waals surface area contributed by atoms with Crippen molar-refractivity contribution < 1.29 is 4.84 Å². The summed E-state index contributed by atoms with van der Waals surface area (Å²) >= 11 is 0. The van der Waals surface area contributed by atoms with E-state index in [2.05, 4.69) is 36.9 Å². The second kappa shape index (κ2) is 7.17. The number of hydroxylamine groups is 1. The highest BCUT2D eigenvalue weighted by Gasteiger charge is 2.09. The van der Waals surface area contributed by atoms with Gasteiger partial charge in [-0.1, -0.05) is 20.8 Å². The SMILES string of the molecule is CNC(NCCCC(C)(C)C)NOC. The quantitative estimate of drug-likeness (QED) is 0.329. The standard InChI is InChI=1S/C10H25N3O/c1-10(2,3)7-6-8-12-9(11-4)13-14-5/h9,11-13H,6-8H2,1-5H3. The molecule has 0 rings (SSSR count). The van der Waals surface area contributed by atoms with Gasteiger partial charge in [-0.3, -0.25) is 10.6 Å². The minimum Gasteiger partial charge on any atom is -0.302 e. The van der Waals surface area contributed by atoms with Crippen molar-refractivity contribution in [3.63, 3.8) is 0 Å². The van der Waals surface area contributed by atoms with Crippen LogP contribution in [0.25, 0.3) is 0 Å². The van der Waals surface area contributed by atoms with Crippen LogP contribution in [-0.4, -0.2) is 27.0 Å². The normalized spacial score (nSPS) is 14.4. The first-order chi connectivity index (χ1) is 6.49. The molecule has 0 aliphatic rings. The van der Waals surface area contributed by atoms with Gasteiger partial charge in [0.1, 0.15) is 6.29 Å². The minimum atomic E-state index is 0.0277. The van der Waals surface area contributed by atoms with Gasteiger partial charge in [0.05, 0.1) is 7.11 Å². The lowest BCUT2D eigenvalue weighted by Crippen LogP contribution is -2.51. The van der Waals surface area contributed by atoms with E-state index >= 15 is 0 Å². The van der Waals surface area contributed by atoms with Crippen molar-refractivity contribution in [3.05, 3.63) is 0 Å². The van der Waals surface area contributed by atoms with E-state index in [1.165, 1.54) is 12.8 Å². The Labute approximate surface area is 87.7 Å². The Morgan fingerprint density at radius 3 is 2.36 bits per heavy atom. The van der Waals surface area contributed by atoms with Crippen molar-refractivity contribution in [1.29, 1.82) is 0 Å². The van der Waals surface area contributed by atoms with Crippen LogP contribution in [0.1, 0.15) is 33.6 Å². The maximum Gasteiger partial charge on any atom is 0.134 e. The van der Waals surface area contributed by atoms with Crippen LogP contribution < -0.4 is 16.1 Å². The number of rotatable bonds is 7. The molecule has 0 amide bonds. The van der Waals surface area contributed by atoms with E-state index in [0.717, 1.165) is 6.54 Å². The van der Waals surface area contributed by atoms with Gasteiger partial charge in [0.25, 0.3) is 0 Å². The zero-order valence-corrected chi connectivity index (χ0v) is 10.1. The predicted octanol–water partition coefficient (Wildman–Crippen LogP) is 1.06. The smallest absolute Gasteiger partial charge is 0.134 e. The number of hydrogen-bond acceptors (Lipinski definition) is 4. The molecule has 0 radical (unpaired) electrons.